The lowest BCUT2D eigenvalue weighted by Gasteiger charge is -2.10. The average molecular weight is 401 g/mol. The molecule has 0 saturated heterocycles. The van der Waals surface area contributed by atoms with Crippen molar-refractivity contribution in [3.05, 3.63) is 64.4 Å². The van der Waals surface area contributed by atoms with Crippen molar-refractivity contribution in [1.29, 1.82) is 0 Å². The molecule has 8 heteroatoms. The van der Waals surface area contributed by atoms with E-state index < -0.39 is 0 Å². The molecule has 0 unspecified atom stereocenters. The first-order chi connectivity index (χ1) is 13.5. The van der Waals surface area contributed by atoms with Gasteiger partial charge in [0.2, 0.25) is 11.0 Å². The van der Waals surface area contributed by atoms with Crippen LogP contribution in [-0.2, 0) is 11.2 Å². The Morgan fingerprint density at radius 1 is 1.14 bits per heavy atom. The van der Waals surface area contributed by atoms with Gasteiger partial charge in [0, 0.05) is 6.42 Å². The number of anilines is 1. The van der Waals surface area contributed by atoms with Crippen LogP contribution in [0.5, 0.6) is 11.5 Å². The number of carbonyl (C=O) groups is 1. The third kappa shape index (κ3) is 5.50. The molecule has 1 N–H and O–H groups in total. The summed E-state index contributed by atoms with van der Waals surface area (Å²) in [7, 11) is 1.58. The minimum Gasteiger partial charge on any atom is -0.493 e. The third-order valence-electron chi connectivity index (χ3n) is 3.89. The number of hydrogen-bond donors (Lipinski definition) is 1. The van der Waals surface area contributed by atoms with Crippen molar-refractivity contribution in [1.82, 2.24) is 10.2 Å². The fourth-order valence-electron chi connectivity index (χ4n) is 2.48. The highest BCUT2D eigenvalue weighted by molar-refractivity contribution is 7.15. The van der Waals surface area contributed by atoms with Gasteiger partial charge >= 0.3 is 0 Å². The van der Waals surface area contributed by atoms with Crippen molar-refractivity contribution in [2.24, 2.45) is 0 Å². The average Bonchev–Trinajstić information content (AvgIpc) is 3.11. The van der Waals surface area contributed by atoms with E-state index in [0.717, 1.165) is 16.1 Å². The SMILES string of the molecule is COc1cc(C)ccc1OCCC(=O)Nc1nnc(Cc2ccc(F)cc2)s1. The second-order valence-electron chi connectivity index (χ2n) is 6.11. The topological polar surface area (TPSA) is 73.3 Å². The van der Waals surface area contributed by atoms with Crippen LogP contribution in [-0.4, -0.2) is 29.8 Å². The Morgan fingerprint density at radius 3 is 2.68 bits per heavy atom. The van der Waals surface area contributed by atoms with Crippen LogP contribution in [0.15, 0.2) is 42.5 Å². The highest BCUT2D eigenvalue weighted by atomic mass is 32.1. The van der Waals surface area contributed by atoms with Crippen molar-refractivity contribution < 1.29 is 18.7 Å². The number of hydrogen-bond acceptors (Lipinski definition) is 6. The van der Waals surface area contributed by atoms with Gasteiger partial charge in [-0.15, -0.1) is 10.2 Å². The number of rotatable bonds is 8. The summed E-state index contributed by atoms with van der Waals surface area (Å²) in [5.74, 6) is 0.739. The number of nitrogens with one attached hydrogen (secondary N) is 1. The van der Waals surface area contributed by atoms with Gasteiger partial charge in [-0.05, 0) is 42.3 Å². The minimum atomic E-state index is -0.278. The number of halogens is 1. The van der Waals surface area contributed by atoms with E-state index in [-0.39, 0.29) is 24.8 Å². The van der Waals surface area contributed by atoms with Gasteiger partial charge in [0.05, 0.1) is 20.1 Å². The molecule has 1 aromatic heterocycles. The largest absolute Gasteiger partial charge is 0.493 e. The lowest BCUT2D eigenvalue weighted by Crippen LogP contribution is -2.15. The van der Waals surface area contributed by atoms with Crippen molar-refractivity contribution >= 4 is 22.4 Å². The molecule has 0 radical (unpaired) electrons. The summed E-state index contributed by atoms with van der Waals surface area (Å²) in [6.45, 7) is 2.18. The predicted octanol–water partition coefficient (Wildman–Crippen LogP) is 3.99. The fourth-order valence-corrected chi connectivity index (χ4v) is 3.27. The Bertz CT molecular complexity index is 944. The summed E-state index contributed by atoms with van der Waals surface area (Å²) in [6.07, 6.45) is 0.702. The summed E-state index contributed by atoms with van der Waals surface area (Å²) in [5.41, 5.74) is 1.99. The number of amides is 1. The first-order valence-corrected chi connectivity index (χ1v) is 9.49. The molecular weight excluding hydrogens is 381 g/mol. The van der Waals surface area contributed by atoms with Gasteiger partial charge in [-0.3, -0.25) is 4.79 Å². The Hall–Kier alpha value is -3.00. The zero-order chi connectivity index (χ0) is 19.9. The van der Waals surface area contributed by atoms with E-state index in [1.807, 2.05) is 25.1 Å². The molecule has 6 nitrogen and oxygen atoms in total. The number of benzene rings is 2. The van der Waals surface area contributed by atoms with E-state index in [9.17, 15) is 9.18 Å². The van der Waals surface area contributed by atoms with Crippen molar-refractivity contribution in [2.75, 3.05) is 19.0 Å². The van der Waals surface area contributed by atoms with E-state index >= 15 is 0 Å². The number of aromatic nitrogens is 2. The zero-order valence-corrected chi connectivity index (χ0v) is 16.4. The Morgan fingerprint density at radius 2 is 1.93 bits per heavy atom. The first kappa shape index (κ1) is 19.8. The van der Waals surface area contributed by atoms with Gasteiger partial charge in [0.1, 0.15) is 10.8 Å². The van der Waals surface area contributed by atoms with Gasteiger partial charge in [-0.1, -0.05) is 29.5 Å². The quantitative estimate of drug-likeness (QED) is 0.618. The van der Waals surface area contributed by atoms with E-state index in [2.05, 4.69) is 15.5 Å². The summed E-state index contributed by atoms with van der Waals surface area (Å²) < 4.78 is 23.9. The molecule has 146 valence electrons. The van der Waals surface area contributed by atoms with E-state index in [1.54, 1.807) is 19.2 Å². The van der Waals surface area contributed by atoms with E-state index in [0.29, 0.717) is 23.1 Å². The molecule has 0 atom stereocenters. The predicted molar refractivity (Wildman–Crippen MR) is 106 cm³/mol. The number of aryl methyl sites for hydroxylation is 1. The normalized spacial score (nSPS) is 10.5. The molecule has 0 aliphatic rings. The maximum atomic E-state index is 13.0. The molecule has 1 amide bonds. The van der Waals surface area contributed by atoms with Crippen molar-refractivity contribution in [3.8, 4) is 11.5 Å². The van der Waals surface area contributed by atoms with E-state index in [1.165, 1.54) is 23.5 Å². The maximum Gasteiger partial charge on any atom is 0.229 e. The molecular formula is C20H20FN3O3S. The van der Waals surface area contributed by atoms with Gasteiger partial charge in [-0.25, -0.2) is 4.39 Å². The molecule has 3 aromatic rings. The molecule has 28 heavy (non-hydrogen) atoms. The molecule has 0 saturated carbocycles. The lowest BCUT2D eigenvalue weighted by atomic mass is 10.2. The standard InChI is InChI=1S/C20H20FN3O3S/c1-13-3-8-16(17(11-13)26-2)27-10-9-18(25)22-20-24-23-19(28-20)12-14-4-6-15(21)7-5-14/h3-8,11H,9-10,12H2,1-2H3,(H,22,24,25). The minimum absolute atomic E-state index is 0.171. The maximum absolute atomic E-state index is 13.0. The van der Waals surface area contributed by atoms with Gasteiger partial charge in [-0.2, -0.15) is 0 Å². The Kier molecular flexibility index (Phi) is 6.54. The van der Waals surface area contributed by atoms with Crippen LogP contribution >= 0.6 is 11.3 Å². The summed E-state index contributed by atoms with van der Waals surface area (Å²) in [5, 5.41) is 11.9. The van der Waals surface area contributed by atoms with E-state index in [4.69, 9.17) is 9.47 Å². The summed E-state index contributed by atoms with van der Waals surface area (Å²) >= 11 is 1.29. The van der Waals surface area contributed by atoms with Crippen molar-refractivity contribution in [3.63, 3.8) is 0 Å². The molecule has 0 aliphatic heterocycles. The monoisotopic (exact) mass is 401 g/mol. The molecule has 3 rings (SSSR count). The van der Waals surface area contributed by atoms with Crippen LogP contribution in [0.4, 0.5) is 9.52 Å². The molecule has 0 fully saturated rings. The van der Waals surface area contributed by atoms with Crippen LogP contribution in [0, 0.1) is 12.7 Å². The van der Waals surface area contributed by atoms with Gasteiger partial charge in [0.25, 0.3) is 0 Å². The van der Waals surface area contributed by atoms with Crippen LogP contribution in [0.3, 0.4) is 0 Å². The number of nitrogens with zero attached hydrogens (tertiary/aromatic N) is 2. The zero-order valence-electron chi connectivity index (χ0n) is 15.6. The lowest BCUT2D eigenvalue weighted by molar-refractivity contribution is -0.116. The number of methoxy groups -OCH3 is 1. The fraction of sp³-hybridized carbons (Fsp3) is 0.250. The second-order valence-corrected chi connectivity index (χ2v) is 7.17. The molecule has 0 bridgehead atoms. The molecule has 0 aliphatic carbocycles. The van der Waals surface area contributed by atoms with Gasteiger partial charge < -0.3 is 14.8 Å². The third-order valence-corrected chi connectivity index (χ3v) is 4.73. The molecule has 1 heterocycles. The van der Waals surface area contributed by atoms with Crippen LogP contribution in [0.2, 0.25) is 0 Å². The highest BCUT2D eigenvalue weighted by Crippen LogP contribution is 2.27. The molecule has 2 aromatic carbocycles. The second kappa shape index (κ2) is 9.27. The molecule has 0 spiro atoms. The van der Waals surface area contributed by atoms with Gasteiger partial charge in [0.15, 0.2) is 11.5 Å². The van der Waals surface area contributed by atoms with Crippen LogP contribution in [0.25, 0.3) is 0 Å². The van der Waals surface area contributed by atoms with Crippen LogP contribution < -0.4 is 14.8 Å². The Labute approximate surface area is 166 Å². The van der Waals surface area contributed by atoms with Crippen LogP contribution in [0.1, 0.15) is 22.6 Å². The summed E-state index contributed by atoms with van der Waals surface area (Å²) in [4.78, 5) is 12.1. The Balaban J connectivity index is 1.47. The number of ether oxygens (including phenoxy) is 2. The smallest absolute Gasteiger partial charge is 0.229 e. The highest BCUT2D eigenvalue weighted by Gasteiger charge is 2.10. The van der Waals surface area contributed by atoms with Crippen molar-refractivity contribution in [2.45, 2.75) is 19.8 Å². The first-order valence-electron chi connectivity index (χ1n) is 8.67. The summed E-state index contributed by atoms with van der Waals surface area (Å²) in [6, 6.07) is 11.8. The number of carbonyl (C=O) groups excluding carboxylic acids is 1.